The molecule has 0 aromatic heterocycles. The first-order chi connectivity index (χ1) is 18.7. The van der Waals surface area contributed by atoms with E-state index in [1.807, 2.05) is 96.9 Å². The van der Waals surface area contributed by atoms with Crippen LogP contribution in [0.2, 0.25) is 0 Å². The van der Waals surface area contributed by atoms with E-state index in [9.17, 15) is 22.8 Å². The first-order valence-electron chi connectivity index (χ1n) is 12.5. The largest absolute Gasteiger partial charge is 0.466 e. The molecule has 0 N–H and O–H groups in total. The van der Waals surface area contributed by atoms with E-state index in [4.69, 9.17) is 4.74 Å². The Hall–Kier alpha value is -3.75. The minimum atomic E-state index is -4.83. The minimum Gasteiger partial charge on any atom is -0.466 e. The molecule has 0 heterocycles. The van der Waals surface area contributed by atoms with Crippen molar-refractivity contribution in [3.05, 3.63) is 91.0 Å². The number of carbonyl (C=O) groups excluding carboxylic acids is 2. The van der Waals surface area contributed by atoms with Crippen molar-refractivity contribution < 1.29 is 32.2 Å². The number of rotatable bonds is 5. The molecule has 0 spiro atoms. The summed E-state index contributed by atoms with van der Waals surface area (Å²) in [5.74, 6) is 1.22. The van der Waals surface area contributed by atoms with E-state index < -0.39 is 49.2 Å². The molecular formula is C31H28F3O4P. The van der Waals surface area contributed by atoms with Gasteiger partial charge >= 0.3 is 18.1 Å². The quantitative estimate of drug-likeness (QED) is 0.197. The lowest BCUT2D eigenvalue weighted by atomic mass is 9.85. The highest BCUT2D eigenvalue weighted by atomic mass is 31.2. The Balaban J connectivity index is 2.21. The molecule has 4 rings (SSSR count). The Labute approximate surface area is 226 Å². The van der Waals surface area contributed by atoms with Gasteiger partial charge in [0.05, 0.1) is 19.6 Å². The van der Waals surface area contributed by atoms with Crippen molar-refractivity contribution in [2.75, 3.05) is 13.7 Å². The average molecular weight is 553 g/mol. The van der Waals surface area contributed by atoms with Gasteiger partial charge in [-0.2, -0.15) is 13.2 Å². The Morgan fingerprint density at radius 3 is 1.74 bits per heavy atom. The Morgan fingerprint density at radius 1 is 0.897 bits per heavy atom. The molecule has 2 unspecified atom stereocenters. The highest BCUT2D eigenvalue weighted by Crippen LogP contribution is 2.59. The summed E-state index contributed by atoms with van der Waals surface area (Å²) in [5, 5.41) is 2.85. The monoisotopic (exact) mass is 552 g/mol. The second kappa shape index (κ2) is 11.6. The van der Waals surface area contributed by atoms with Crippen molar-refractivity contribution in [1.29, 1.82) is 0 Å². The van der Waals surface area contributed by atoms with E-state index in [-0.39, 0.29) is 6.61 Å². The second-order valence-corrected chi connectivity index (χ2v) is 12.6. The standard InChI is InChI=1S/C31H28F3O4P/c1-3-38-29(36)26-21-30(31(32,33)34,20-19-28(35)37-2)22-27(26)39(23-13-7-4-8-14-23,24-15-9-5-10-16-24)25-17-11-6-12-18-25/h4-18,26H,3,21-22H2,1-2H3. The summed E-state index contributed by atoms with van der Waals surface area (Å²) in [6.07, 6.45) is -6.04. The lowest BCUT2D eigenvalue weighted by molar-refractivity contribution is -0.200. The van der Waals surface area contributed by atoms with Gasteiger partial charge in [-0.05, 0) is 47.9 Å². The van der Waals surface area contributed by atoms with Crippen LogP contribution in [0, 0.1) is 23.2 Å². The van der Waals surface area contributed by atoms with Crippen LogP contribution in [0.1, 0.15) is 19.8 Å². The number of methoxy groups -OCH3 is 1. The molecular weight excluding hydrogens is 524 g/mol. The maximum absolute atomic E-state index is 15.0. The van der Waals surface area contributed by atoms with E-state index in [1.54, 1.807) is 6.92 Å². The molecule has 39 heavy (non-hydrogen) atoms. The predicted octanol–water partition coefficient (Wildman–Crippen LogP) is 4.85. The van der Waals surface area contributed by atoms with Crippen LogP contribution in [0.5, 0.6) is 0 Å². The zero-order chi connectivity index (χ0) is 28.1. The van der Waals surface area contributed by atoms with Gasteiger partial charge in [0.1, 0.15) is 5.41 Å². The lowest BCUT2D eigenvalue weighted by Crippen LogP contribution is -2.36. The molecule has 2 atom stereocenters. The molecule has 0 aliphatic heterocycles. The first kappa shape index (κ1) is 28.3. The van der Waals surface area contributed by atoms with Crippen LogP contribution in [0.15, 0.2) is 91.0 Å². The molecule has 3 aromatic carbocycles. The van der Waals surface area contributed by atoms with Crippen molar-refractivity contribution in [3.63, 3.8) is 0 Å². The minimum absolute atomic E-state index is 0.0168. The van der Waals surface area contributed by atoms with E-state index in [0.717, 1.165) is 23.0 Å². The highest BCUT2D eigenvalue weighted by molar-refractivity contribution is 7.95. The van der Waals surface area contributed by atoms with Crippen LogP contribution in [0.25, 0.3) is 0 Å². The van der Waals surface area contributed by atoms with E-state index in [1.165, 1.54) is 0 Å². The van der Waals surface area contributed by atoms with Crippen LogP contribution in [0.4, 0.5) is 13.2 Å². The van der Waals surface area contributed by atoms with Crippen molar-refractivity contribution >= 4 is 40.0 Å². The summed E-state index contributed by atoms with van der Waals surface area (Å²) in [6.45, 7) is -1.37. The van der Waals surface area contributed by atoms with Gasteiger partial charge in [-0.1, -0.05) is 96.9 Å². The molecule has 1 aliphatic carbocycles. The zero-order valence-electron chi connectivity index (χ0n) is 21.6. The van der Waals surface area contributed by atoms with Crippen molar-refractivity contribution in [2.24, 2.45) is 11.3 Å². The third-order valence-corrected chi connectivity index (χ3v) is 11.6. The van der Waals surface area contributed by atoms with Gasteiger partial charge in [-0.15, -0.1) is 0 Å². The van der Waals surface area contributed by atoms with Gasteiger partial charge in [0.25, 0.3) is 0 Å². The van der Waals surface area contributed by atoms with Crippen molar-refractivity contribution in [3.8, 4) is 11.8 Å². The van der Waals surface area contributed by atoms with Gasteiger partial charge in [0, 0.05) is 5.92 Å². The molecule has 0 bridgehead atoms. The molecule has 4 nitrogen and oxygen atoms in total. The molecule has 0 amide bonds. The number of esters is 2. The third kappa shape index (κ3) is 5.27. The normalized spacial score (nSPS) is 19.1. The first-order valence-corrected chi connectivity index (χ1v) is 14.2. The summed E-state index contributed by atoms with van der Waals surface area (Å²) < 4.78 is 54.7. The van der Waals surface area contributed by atoms with Crippen LogP contribution >= 0.6 is 6.89 Å². The number of carbonyl (C=O) groups is 2. The second-order valence-electron chi connectivity index (χ2n) is 9.18. The average Bonchev–Trinajstić information content (AvgIpc) is 3.36. The van der Waals surface area contributed by atoms with Crippen LogP contribution in [0.3, 0.4) is 0 Å². The fraction of sp³-hybridized carbons (Fsp3) is 0.258. The number of alkyl halides is 3. The lowest BCUT2D eigenvalue weighted by Gasteiger charge is -2.34. The van der Waals surface area contributed by atoms with Crippen molar-refractivity contribution in [2.45, 2.75) is 25.9 Å². The molecule has 1 saturated carbocycles. The maximum Gasteiger partial charge on any atom is 0.405 e. The van der Waals surface area contributed by atoms with Crippen LogP contribution < -0.4 is 15.9 Å². The topological polar surface area (TPSA) is 52.6 Å². The summed E-state index contributed by atoms with van der Waals surface area (Å²) in [5.41, 5.74) is -2.64. The number of hydrogen-bond donors (Lipinski definition) is 0. The number of hydrogen-bond acceptors (Lipinski definition) is 4. The number of ether oxygens (including phenoxy) is 2. The summed E-state index contributed by atoms with van der Waals surface area (Å²) >= 11 is 0. The maximum atomic E-state index is 15.0. The van der Waals surface area contributed by atoms with E-state index in [0.29, 0.717) is 5.29 Å². The van der Waals surface area contributed by atoms with Crippen molar-refractivity contribution in [1.82, 2.24) is 0 Å². The Kier molecular flexibility index (Phi) is 8.37. The Bertz CT molecular complexity index is 1340. The highest BCUT2D eigenvalue weighted by Gasteiger charge is 2.62. The van der Waals surface area contributed by atoms with Crippen LogP contribution in [-0.2, 0) is 19.1 Å². The van der Waals surface area contributed by atoms with E-state index >= 15 is 0 Å². The van der Waals surface area contributed by atoms with Crippen LogP contribution in [-0.4, -0.2) is 37.1 Å². The van der Waals surface area contributed by atoms with Gasteiger partial charge in [0.2, 0.25) is 0 Å². The SMILES string of the molecule is CCOC(=O)C1CC(C#CC(=O)OC)(C(F)(F)F)CC1=P(c1ccccc1)(c1ccccc1)c1ccccc1. The third-order valence-electron chi connectivity index (χ3n) is 7.00. The van der Waals surface area contributed by atoms with E-state index in [2.05, 4.69) is 10.7 Å². The molecule has 202 valence electrons. The van der Waals surface area contributed by atoms with Gasteiger partial charge < -0.3 is 9.47 Å². The Morgan fingerprint density at radius 2 is 1.36 bits per heavy atom. The molecule has 0 radical (unpaired) electrons. The summed E-state index contributed by atoms with van der Waals surface area (Å²) in [7, 11) is 1.06. The molecule has 3 aromatic rings. The summed E-state index contributed by atoms with van der Waals surface area (Å²) in [6, 6.07) is 28.0. The van der Waals surface area contributed by atoms with Gasteiger partial charge in [-0.3, -0.25) is 4.79 Å². The van der Waals surface area contributed by atoms with Gasteiger partial charge in [0.15, 0.2) is 0 Å². The number of benzene rings is 3. The molecule has 1 fully saturated rings. The number of halogens is 3. The molecule has 0 saturated heterocycles. The fourth-order valence-corrected chi connectivity index (χ4v) is 10.2. The zero-order valence-corrected chi connectivity index (χ0v) is 22.5. The molecule has 8 heteroatoms. The fourth-order valence-electron chi connectivity index (χ4n) is 5.29. The predicted molar refractivity (Wildman–Crippen MR) is 148 cm³/mol. The summed E-state index contributed by atoms with van der Waals surface area (Å²) in [4.78, 5) is 25.3. The molecule has 1 aliphatic rings. The van der Waals surface area contributed by atoms with Gasteiger partial charge in [-0.25, -0.2) is 4.79 Å². The smallest absolute Gasteiger partial charge is 0.405 e.